The predicted molar refractivity (Wildman–Crippen MR) is 137 cm³/mol. The van der Waals surface area contributed by atoms with Gasteiger partial charge in [0.05, 0.1) is 18.2 Å². The number of anilines is 1. The number of benzene rings is 2. The number of carbonyl (C=O) groups is 1. The van der Waals surface area contributed by atoms with Crippen LogP contribution < -0.4 is 19.9 Å². The van der Waals surface area contributed by atoms with E-state index in [1.165, 1.54) is 17.7 Å². The van der Waals surface area contributed by atoms with Crippen molar-refractivity contribution in [3.63, 3.8) is 0 Å². The molecule has 7 nitrogen and oxygen atoms in total. The fourth-order valence-electron chi connectivity index (χ4n) is 4.47. The molecule has 4 rings (SSSR count). The average Bonchev–Trinajstić information content (AvgIpc) is 2.88. The van der Waals surface area contributed by atoms with Crippen molar-refractivity contribution < 1.29 is 36.9 Å². The van der Waals surface area contributed by atoms with Crippen LogP contribution in [0.4, 0.5) is 18.9 Å². The van der Waals surface area contributed by atoms with Gasteiger partial charge >= 0.3 is 12.1 Å². The number of rotatable bonds is 9. The Labute approximate surface area is 220 Å². The fraction of sp³-hybridized carbons (Fsp3) is 0.464. The molecule has 1 atom stereocenters. The highest BCUT2D eigenvalue weighted by atomic mass is 19.4. The zero-order valence-electron chi connectivity index (χ0n) is 21.6. The van der Waals surface area contributed by atoms with Crippen LogP contribution in [0.5, 0.6) is 17.2 Å². The molecule has 0 spiro atoms. The molecule has 2 N–H and O–H groups in total. The van der Waals surface area contributed by atoms with Gasteiger partial charge in [0.15, 0.2) is 6.10 Å². The molecule has 2 aliphatic heterocycles. The van der Waals surface area contributed by atoms with Gasteiger partial charge in [-0.05, 0) is 81.3 Å². The number of piperidine rings is 1. The van der Waals surface area contributed by atoms with Crippen LogP contribution in [-0.2, 0) is 16.1 Å². The van der Waals surface area contributed by atoms with Crippen molar-refractivity contribution in [2.24, 2.45) is 5.92 Å². The minimum absolute atomic E-state index is 0.0114. The smallest absolute Gasteiger partial charge is 0.425 e. The number of alkyl halides is 3. The largest absolute Gasteiger partial charge is 0.489 e. The predicted octanol–water partition coefficient (Wildman–Crippen LogP) is 5.23. The number of carbonyl (C=O) groups excluding carboxylic acids is 1. The van der Waals surface area contributed by atoms with Crippen molar-refractivity contribution in [3.8, 4) is 17.2 Å². The lowest BCUT2D eigenvalue weighted by Gasteiger charge is -2.32. The van der Waals surface area contributed by atoms with Crippen molar-refractivity contribution in [2.75, 3.05) is 38.6 Å². The lowest BCUT2D eigenvalue weighted by molar-refractivity contribution is -0.189. The van der Waals surface area contributed by atoms with E-state index in [1.807, 2.05) is 25.1 Å². The lowest BCUT2D eigenvalue weighted by atomic mass is 9.96. The number of nitrogens with two attached hydrogens (primary N) is 1. The highest BCUT2D eigenvalue weighted by Gasteiger charge is 2.38. The third-order valence-electron chi connectivity index (χ3n) is 6.64. The monoisotopic (exact) mass is 534 g/mol. The van der Waals surface area contributed by atoms with E-state index in [4.69, 9.17) is 24.7 Å². The van der Waals surface area contributed by atoms with Gasteiger partial charge in [-0.2, -0.15) is 13.2 Å². The topological polar surface area (TPSA) is 83.2 Å². The summed E-state index contributed by atoms with van der Waals surface area (Å²) in [6, 6.07) is 10.2. The molecule has 0 unspecified atom stereocenters. The molecular weight excluding hydrogens is 501 g/mol. The van der Waals surface area contributed by atoms with Gasteiger partial charge in [-0.25, -0.2) is 0 Å². The fourth-order valence-corrected chi connectivity index (χ4v) is 4.47. The van der Waals surface area contributed by atoms with E-state index in [0.29, 0.717) is 24.5 Å². The summed E-state index contributed by atoms with van der Waals surface area (Å²) in [6.45, 7) is 6.32. The van der Waals surface area contributed by atoms with Crippen molar-refractivity contribution in [2.45, 2.75) is 45.6 Å². The molecule has 0 bridgehead atoms. The second-order valence-electron chi connectivity index (χ2n) is 9.56. The summed E-state index contributed by atoms with van der Waals surface area (Å²) >= 11 is 0. The minimum Gasteiger partial charge on any atom is -0.489 e. The van der Waals surface area contributed by atoms with Crippen molar-refractivity contribution in [1.82, 2.24) is 4.90 Å². The van der Waals surface area contributed by atoms with Crippen LogP contribution in [0.2, 0.25) is 0 Å². The summed E-state index contributed by atoms with van der Waals surface area (Å²) in [5.41, 5.74) is 8.82. The second-order valence-corrected chi connectivity index (χ2v) is 9.56. The van der Waals surface area contributed by atoms with Crippen molar-refractivity contribution in [1.29, 1.82) is 0 Å². The molecule has 0 aromatic heterocycles. The molecule has 10 heteroatoms. The first-order chi connectivity index (χ1) is 18.1. The third-order valence-corrected chi connectivity index (χ3v) is 6.64. The molecule has 1 fully saturated rings. The maximum atomic E-state index is 12.7. The first-order valence-electron chi connectivity index (χ1n) is 12.7. The Hall–Kier alpha value is -3.40. The summed E-state index contributed by atoms with van der Waals surface area (Å²) in [6.07, 6.45) is -2.69. The second kappa shape index (κ2) is 12.0. The molecular formula is C28H33F3N2O5. The Morgan fingerprint density at radius 3 is 2.63 bits per heavy atom. The van der Waals surface area contributed by atoms with Gasteiger partial charge in [-0.15, -0.1) is 0 Å². The number of nitrogens with zero attached hydrogens (tertiary/aromatic N) is 1. The molecule has 2 heterocycles. The van der Waals surface area contributed by atoms with Crippen LogP contribution in [0.3, 0.4) is 0 Å². The minimum atomic E-state index is -4.47. The molecule has 0 radical (unpaired) electrons. The zero-order chi connectivity index (χ0) is 27.3. The highest BCUT2D eigenvalue weighted by molar-refractivity contribution is 5.72. The molecule has 2 aromatic carbocycles. The summed E-state index contributed by atoms with van der Waals surface area (Å²) in [7, 11) is 0. The molecule has 0 saturated carbocycles. The zero-order valence-corrected chi connectivity index (χ0v) is 21.6. The van der Waals surface area contributed by atoms with Crippen molar-refractivity contribution in [3.05, 3.63) is 53.1 Å². The van der Waals surface area contributed by atoms with Crippen LogP contribution in [0.25, 0.3) is 6.08 Å². The molecule has 2 aromatic rings. The van der Waals surface area contributed by atoms with Crippen molar-refractivity contribution >= 4 is 17.7 Å². The number of hydrogen-bond donors (Lipinski definition) is 1. The first kappa shape index (κ1) is 27.6. The molecule has 0 aliphatic carbocycles. The number of fused-ring (bicyclic) bond motifs is 1. The van der Waals surface area contributed by atoms with Crippen LogP contribution in [0.1, 0.15) is 37.8 Å². The summed E-state index contributed by atoms with van der Waals surface area (Å²) in [5, 5.41) is 0. The summed E-state index contributed by atoms with van der Waals surface area (Å²) in [5.74, 6) is 1.20. The molecule has 38 heavy (non-hydrogen) atoms. The first-order valence-corrected chi connectivity index (χ1v) is 12.7. The quantitative estimate of drug-likeness (QED) is 0.349. The number of esters is 1. The number of ether oxygens (including phenoxy) is 4. The molecule has 1 saturated heterocycles. The van der Waals surface area contributed by atoms with Gasteiger partial charge in [-0.3, -0.25) is 9.69 Å². The SMILES string of the molecule is CCOC(=O)C1CCN(CC2=Cc3ccc(OCc4ccc(O[C@@H](C)C(F)(F)F)c(N)c4)cc3OC2)CC1. The van der Waals surface area contributed by atoms with E-state index in [9.17, 15) is 18.0 Å². The third kappa shape index (κ3) is 7.12. The van der Waals surface area contributed by atoms with E-state index in [0.717, 1.165) is 50.7 Å². The van der Waals surface area contributed by atoms with Gasteiger partial charge in [0.2, 0.25) is 0 Å². The van der Waals surface area contributed by atoms with Crippen LogP contribution in [-0.4, -0.2) is 56.0 Å². The average molecular weight is 535 g/mol. The Balaban J connectivity index is 1.29. The van der Waals surface area contributed by atoms with E-state index in [1.54, 1.807) is 6.07 Å². The molecule has 206 valence electrons. The van der Waals surface area contributed by atoms with Gasteiger partial charge in [0.1, 0.15) is 30.5 Å². The van der Waals surface area contributed by atoms with E-state index < -0.39 is 12.3 Å². The standard InChI is InChI=1S/C28H33F3N2O5/c1-3-35-27(34)21-8-10-33(11-9-21)15-20-12-22-5-6-23(14-26(22)37-17-20)36-16-19-4-7-25(24(32)13-19)38-18(2)28(29,30)31/h4-7,12-14,18,21H,3,8-11,15-17,32H2,1-2H3/t18-/m0/s1. The van der Waals surface area contributed by atoms with Crippen LogP contribution >= 0.6 is 0 Å². The normalized spacial score (nSPS) is 17.1. The summed E-state index contributed by atoms with van der Waals surface area (Å²) < 4.78 is 60.2. The highest BCUT2D eigenvalue weighted by Crippen LogP contribution is 2.33. The van der Waals surface area contributed by atoms with Gasteiger partial charge < -0.3 is 24.7 Å². The van der Waals surface area contributed by atoms with Crippen LogP contribution in [0.15, 0.2) is 42.0 Å². The van der Waals surface area contributed by atoms with Gasteiger partial charge in [0.25, 0.3) is 0 Å². The molecule has 2 aliphatic rings. The lowest BCUT2D eigenvalue weighted by Crippen LogP contribution is -2.38. The summed E-state index contributed by atoms with van der Waals surface area (Å²) in [4.78, 5) is 14.3. The number of nitrogen functional groups attached to an aromatic ring is 1. The Morgan fingerprint density at radius 2 is 1.95 bits per heavy atom. The number of likely N-dealkylation sites (tertiary alicyclic amines) is 1. The van der Waals surface area contributed by atoms with Gasteiger partial charge in [0, 0.05) is 18.2 Å². The molecule has 0 amide bonds. The Bertz CT molecular complexity index is 1160. The van der Waals surface area contributed by atoms with E-state index in [2.05, 4.69) is 11.0 Å². The Kier molecular flexibility index (Phi) is 8.71. The Morgan fingerprint density at radius 1 is 1.18 bits per heavy atom. The van der Waals surface area contributed by atoms with Gasteiger partial charge in [-0.1, -0.05) is 6.07 Å². The number of halogens is 3. The van der Waals surface area contributed by atoms with E-state index >= 15 is 0 Å². The number of hydrogen-bond acceptors (Lipinski definition) is 7. The maximum absolute atomic E-state index is 12.7. The van der Waals surface area contributed by atoms with Crippen LogP contribution in [0, 0.1) is 5.92 Å². The maximum Gasteiger partial charge on any atom is 0.425 e. The van der Waals surface area contributed by atoms with E-state index in [-0.39, 0.29) is 29.9 Å².